The monoisotopic (exact) mass is 252 g/mol. The van der Waals surface area contributed by atoms with E-state index in [9.17, 15) is 4.39 Å². The van der Waals surface area contributed by atoms with E-state index in [1.807, 2.05) is 6.92 Å². The van der Waals surface area contributed by atoms with Crippen LogP contribution in [0.25, 0.3) is 10.4 Å². The molecular formula is C12H13FN2OS. The summed E-state index contributed by atoms with van der Waals surface area (Å²) in [6.45, 7) is 2.28. The first kappa shape index (κ1) is 12.0. The number of aryl methyl sites for hydroxylation is 1. The van der Waals surface area contributed by atoms with Crippen LogP contribution in [0.1, 0.15) is 10.7 Å². The number of thiazole rings is 1. The van der Waals surface area contributed by atoms with Gasteiger partial charge in [-0.05, 0) is 25.1 Å². The van der Waals surface area contributed by atoms with Crippen molar-refractivity contribution in [3.05, 3.63) is 34.7 Å². The molecule has 0 atom stereocenters. The molecule has 2 N–H and O–H groups in total. The molecule has 5 heteroatoms. The fraction of sp³-hybridized carbons (Fsp3) is 0.250. The summed E-state index contributed by atoms with van der Waals surface area (Å²) in [5.74, 6) is 0.351. The minimum atomic E-state index is -0.289. The highest BCUT2D eigenvalue weighted by atomic mass is 32.1. The molecule has 0 aliphatic carbocycles. The van der Waals surface area contributed by atoms with Gasteiger partial charge in [0.1, 0.15) is 16.6 Å². The molecule has 0 saturated heterocycles. The quantitative estimate of drug-likeness (QED) is 0.913. The normalized spacial score (nSPS) is 10.6. The lowest BCUT2D eigenvalue weighted by Crippen LogP contribution is -1.94. The lowest BCUT2D eigenvalue weighted by molar-refractivity contribution is 0.415. The summed E-state index contributed by atoms with van der Waals surface area (Å²) in [6, 6.07) is 4.45. The van der Waals surface area contributed by atoms with Gasteiger partial charge in [-0.2, -0.15) is 0 Å². The lowest BCUT2D eigenvalue weighted by atomic mass is 10.1. The van der Waals surface area contributed by atoms with Crippen LogP contribution in [0.4, 0.5) is 4.39 Å². The molecule has 2 aromatic rings. The van der Waals surface area contributed by atoms with E-state index in [4.69, 9.17) is 10.5 Å². The van der Waals surface area contributed by atoms with Crippen molar-refractivity contribution in [2.24, 2.45) is 5.73 Å². The highest BCUT2D eigenvalue weighted by Crippen LogP contribution is 2.36. The summed E-state index contributed by atoms with van der Waals surface area (Å²) in [5.41, 5.74) is 7.12. The number of hydrogen-bond donors (Lipinski definition) is 1. The van der Waals surface area contributed by atoms with Gasteiger partial charge in [0, 0.05) is 12.1 Å². The Hall–Kier alpha value is -1.46. The average molecular weight is 252 g/mol. The second kappa shape index (κ2) is 4.81. The summed E-state index contributed by atoms with van der Waals surface area (Å²) >= 11 is 1.47. The van der Waals surface area contributed by atoms with Crippen molar-refractivity contribution in [2.45, 2.75) is 13.5 Å². The van der Waals surface area contributed by atoms with E-state index in [-0.39, 0.29) is 5.82 Å². The zero-order valence-electron chi connectivity index (χ0n) is 9.66. The van der Waals surface area contributed by atoms with E-state index in [2.05, 4.69) is 4.98 Å². The van der Waals surface area contributed by atoms with Crippen LogP contribution < -0.4 is 10.5 Å². The van der Waals surface area contributed by atoms with Crippen LogP contribution in [-0.4, -0.2) is 12.1 Å². The standard InChI is InChI=1S/C12H13FN2OS/c1-7-12(17-11(6-14)15-7)9-5-8(13)3-4-10(9)16-2/h3-5H,6,14H2,1-2H3. The molecule has 3 nitrogen and oxygen atoms in total. The molecule has 0 fully saturated rings. The van der Waals surface area contributed by atoms with Gasteiger partial charge in [0.15, 0.2) is 0 Å². The van der Waals surface area contributed by atoms with Gasteiger partial charge >= 0.3 is 0 Å². The molecule has 17 heavy (non-hydrogen) atoms. The van der Waals surface area contributed by atoms with Crippen LogP contribution in [0.3, 0.4) is 0 Å². The molecule has 0 unspecified atom stereocenters. The summed E-state index contributed by atoms with van der Waals surface area (Å²) < 4.78 is 18.5. The number of nitrogens with two attached hydrogens (primary N) is 1. The number of methoxy groups -OCH3 is 1. The fourth-order valence-corrected chi connectivity index (χ4v) is 2.61. The van der Waals surface area contributed by atoms with Crippen LogP contribution in [0, 0.1) is 12.7 Å². The van der Waals surface area contributed by atoms with Crippen LogP contribution in [0.15, 0.2) is 18.2 Å². The molecule has 1 heterocycles. The minimum Gasteiger partial charge on any atom is -0.496 e. The number of aromatic nitrogens is 1. The Bertz CT molecular complexity index is 539. The average Bonchev–Trinajstić information content (AvgIpc) is 2.70. The van der Waals surface area contributed by atoms with Crippen LogP contribution in [0.5, 0.6) is 5.75 Å². The summed E-state index contributed by atoms with van der Waals surface area (Å²) in [5, 5.41) is 0.837. The molecule has 2 rings (SSSR count). The Morgan fingerprint density at radius 1 is 1.47 bits per heavy atom. The van der Waals surface area contributed by atoms with Crippen LogP contribution in [0.2, 0.25) is 0 Å². The van der Waals surface area contributed by atoms with E-state index >= 15 is 0 Å². The first-order chi connectivity index (χ1) is 8.15. The number of rotatable bonds is 3. The van der Waals surface area contributed by atoms with Gasteiger partial charge in [-0.3, -0.25) is 0 Å². The maximum absolute atomic E-state index is 13.3. The van der Waals surface area contributed by atoms with Crippen molar-refractivity contribution in [3.8, 4) is 16.2 Å². The van der Waals surface area contributed by atoms with Crippen molar-refractivity contribution in [2.75, 3.05) is 7.11 Å². The second-order valence-electron chi connectivity index (χ2n) is 3.57. The zero-order chi connectivity index (χ0) is 12.4. The smallest absolute Gasteiger partial charge is 0.127 e. The SMILES string of the molecule is COc1ccc(F)cc1-c1sc(CN)nc1C. The third-order valence-electron chi connectivity index (χ3n) is 2.42. The second-order valence-corrected chi connectivity index (χ2v) is 4.65. The number of ether oxygens (including phenoxy) is 1. The Morgan fingerprint density at radius 3 is 2.82 bits per heavy atom. The first-order valence-corrected chi connectivity index (χ1v) is 5.97. The predicted octanol–water partition coefficient (Wildman–Crippen LogP) is 2.72. The van der Waals surface area contributed by atoms with Gasteiger partial charge in [0.05, 0.1) is 17.7 Å². The topological polar surface area (TPSA) is 48.1 Å². The van der Waals surface area contributed by atoms with Crippen molar-refractivity contribution in [3.63, 3.8) is 0 Å². The van der Waals surface area contributed by atoms with Crippen molar-refractivity contribution < 1.29 is 9.13 Å². The van der Waals surface area contributed by atoms with Gasteiger partial charge in [-0.15, -0.1) is 11.3 Å². The number of halogens is 1. The maximum atomic E-state index is 13.3. The Balaban J connectivity index is 2.58. The van der Waals surface area contributed by atoms with E-state index in [0.29, 0.717) is 12.3 Å². The Labute approximate surface area is 103 Å². The fourth-order valence-electron chi connectivity index (χ4n) is 1.65. The summed E-state index contributed by atoms with van der Waals surface area (Å²) in [4.78, 5) is 5.23. The number of hydrogen-bond acceptors (Lipinski definition) is 4. The van der Waals surface area contributed by atoms with Gasteiger partial charge < -0.3 is 10.5 Å². The summed E-state index contributed by atoms with van der Waals surface area (Å²) in [6.07, 6.45) is 0. The molecular weight excluding hydrogens is 239 g/mol. The molecule has 0 aliphatic heterocycles. The molecule has 0 saturated carbocycles. The van der Waals surface area contributed by atoms with Crippen molar-refractivity contribution >= 4 is 11.3 Å². The van der Waals surface area contributed by atoms with Gasteiger partial charge in [-0.1, -0.05) is 0 Å². The highest BCUT2D eigenvalue weighted by molar-refractivity contribution is 7.15. The van der Waals surface area contributed by atoms with Crippen LogP contribution >= 0.6 is 11.3 Å². The molecule has 90 valence electrons. The van der Waals surface area contributed by atoms with Crippen molar-refractivity contribution in [1.29, 1.82) is 0 Å². The molecule has 0 spiro atoms. The van der Waals surface area contributed by atoms with Crippen molar-refractivity contribution in [1.82, 2.24) is 4.98 Å². The lowest BCUT2D eigenvalue weighted by Gasteiger charge is -2.07. The zero-order valence-corrected chi connectivity index (χ0v) is 10.5. The number of nitrogens with zero attached hydrogens (tertiary/aromatic N) is 1. The molecule has 0 radical (unpaired) electrons. The largest absolute Gasteiger partial charge is 0.496 e. The molecule has 1 aromatic carbocycles. The molecule has 0 amide bonds. The Kier molecular flexibility index (Phi) is 3.40. The maximum Gasteiger partial charge on any atom is 0.127 e. The van der Waals surface area contributed by atoms with Crippen LogP contribution in [-0.2, 0) is 6.54 Å². The van der Waals surface area contributed by atoms with Gasteiger partial charge in [-0.25, -0.2) is 9.37 Å². The van der Waals surface area contributed by atoms with E-state index in [0.717, 1.165) is 21.1 Å². The first-order valence-electron chi connectivity index (χ1n) is 5.16. The van der Waals surface area contributed by atoms with Gasteiger partial charge in [0.25, 0.3) is 0 Å². The molecule has 1 aromatic heterocycles. The number of benzene rings is 1. The Morgan fingerprint density at radius 2 is 2.24 bits per heavy atom. The van der Waals surface area contributed by atoms with E-state index < -0.39 is 0 Å². The van der Waals surface area contributed by atoms with E-state index in [1.165, 1.54) is 23.5 Å². The predicted molar refractivity (Wildman–Crippen MR) is 66.7 cm³/mol. The third kappa shape index (κ3) is 2.30. The summed E-state index contributed by atoms with van der Waals surface area (Å²) in [7, 11) is 1.57. The third-order valence-corrected chi connectivity index (χ3v) is 3.63. The molecule has 0 bridgehead atoms. The highest BCUT2D eigenvalue weighted by Gasteiger charge is 2.14. The van der Waals surface area contributed by atoms with E-state index in [1.54, 1.807) is 13.2 Å². The molecule has 0 aliphatic rings. The minimum absolute atomic E-state index is 0.289. The van der Waals surface area contributed by atoms with Gasteiger partial charge in [0.2, 0.25) is 0 Å².